The number of carboxylic acid groups (broad SMARTS) is 1. The first-order valence-electron chi connectivity index (χ1n) is 8.04. The van der Waals surface area contributed by atoms with Crippen molar-refractivity contribution in [3.05, 3.63) is 59.9 Å². The summed E-state index contributed by atoms with van der Waals surface area (Å²) in [6, 6.07) is 13.1. The van der Waals surface area contributed by atoms with Crippen molar-refractivity contribution in [3.63, 3.8) is 0 Å². The maximum atomic E-state index is 13.5. The smallest absolute Gasteiger partial charge is 0.307 e. The average molecular weight is 343 g/mol. The van der Waals surface area contributed by atoms with Gasteiger partial charge in [0.05, 0.1) is 11.8 Å². The molecular weight excluding hydrogens is 325 g/mol. The molecule has 0 spiro atoms. The Bertz CT molecular complexity index is 775. The largest absolute Gasteiger partial charge is 0.489 e. The van der Waals surface area contributed by atoms with Crippen LogP contribution in [0, 0.1) is 17.7 Å². The number of ether oxygens (including phenoxy) is 1. The van der Waals surface area contributed by atoms with Gasteiger partial charge in [-0.2, -0.15) is 0 Å². The van der Waals surface area contributed by atoms with Gasteiger partial charge in [-0.1, -0.05) is 18.2 Å². The maximum absolute atomic E-state index is 13.5. The summed E-state index contributed by atoms with van der Waals surface area (Å²) in [5.41, 5.74) is 1.03. The molecule has 0 radical (unpaired) electrons. The number of rotatable bonds is 6. The molecule has 25 heavy (non-hydrogen) atoms. The van der Waals surface area contributed by atoms with Gasteiger partial charge in [0.1, 0.15) is 18.2 Å². The predicted octanol–water partition coefficient (Wildman–Crippen LogP) is 3.45. The summed E-state index contributed by atoms with van der Waals surface area (Å²) in [6.45, 7) is 0.112. The number of amides is 1. The lowest BCUT2D eigenvalue weighted by Crippen LogP contribution is -2.41. The summed E-state index contributed by atoms with van der Waals surface area (Å²) >= 11 is 0. The van der Waals surface area contributed by atoms with E-state index < -0.39 is 17.8 Å². The highest BCUT2D eigenvalue weighted by Gasteiger charge is 2.41. The standard InChI is InChI=1S/C19H18FNO4/c20-17-4-2-1-3-12(17)11-25-14-7-5-13(6-8-14)21-18(22)15-9-10-16(15)19(23)24/h1-8,15-16H,9-11H2,(H,21,22)(H,23,24)/t15-,16+/m0/s1. The number of anilines is 1. The molecule has 2 aromatic carbocycles. The normalized spacial score (nSPS) is 18.9. The fourth-order valence-electron chi connectivity index (χ4n) is 2.76. The van der Waals surface area contributed by atoms with Crippen LogP contribution < -0.4 is 10.1 Å². The molecule has 0 bridgehead atoms. The highest BCUT2D eigenvalue weighted by molar-refractivity contribution is 5.96. The van der Waals surface area contributed by atoms with Crippen LogP contribution in [0.3, 0.4) is 0 Å². The van der Waals surface area contributed by atoms with Crippen molar-refractivity contribution in [2.75, 3.05) is 5.32 Å². The van der Waals surface area contributed by atoms with Crippen LogP contribution in [0.15, 0.2) is 48.5 Å². The summed E-state index contributed by atoms with van der Waals surface area (Å²) < 4.78 is 19.1. The van der Waals surface area contributed by atoms with Crippen LogP contribution in [0.25, 0.3) is 0 Å². The zero-order valence-corrected chi connectivity index (χ0v) is 13.4. The third-order valence-corrected chi connectivity index (χ3v) is 4.40. The van der Waals surface area contributed by atoms with Gasteiger partial charge in [0.2, 0.25) is 5.91 Å². The van der Waals surface area contributed by atoms with E-state index in [4.69, 9.17) is 9.84 Å². The van der Waals surface area contributed by atoms with Gasteiger partial charge in [-0.3, -0.25) is 9.59 Å². The number of hydrogen-bond donors (Lipinski definition) is 2. The Morgan fingerprint density at radius 2 is 1.76 bits per heavy atom. The Kier molecular flexibility index (Phi) is 4.97. The van der Waals surface area contributed by atoms with Gasteiger partial charge in [-0.05, 0) is 43.2 Å². The number of nitrogens with one attached hydrogen (secondary N) is 1. The van der Waals surface area contributed by atoms with Crippen LogP contribution in [0.4, 0.5) is 10.1 Å². The van der Waals surface area contributed by atoms with Crippen molar-refractivity contribution in [2.45, 2.75) is 19.4 Å². The van der Waals surface area contributed by atoms with Gasteiger partial charge < -0.3 is 15.2 Å². The fraction of sp³-hybridized carbons (Fsp3) is 0.263. The number of benzene rings is 2. The summed E-state index contributed by atoms with van der Waals surface area (Å²) in [4.78, 5) is 23.1. The molecule has 1 aliphatic carbocycles. The predicted molar refractivity (Wildman–Crippen MR) is 89.7 cm³/mol. The number of halogens is 1. The third kappa shape index (κ3) is 3.96. The summed E-state index contributed by atoms with van der Waals surface area (Å²) in [7, 11) is 0. The first kappa shape index (κ1) is 17.0. The molecule has 2 atom stereocenters. The maximum Gasteiger partial charge on any atom is 0.307 e. The van der Waals surface area contributed by atoms with E-state index in [-0.39, 0.29) is 18.3 Å². The molecule has 5 nitrogen and oxygen atoms in total. The minimum Gasteiger partial charge on any atom is -0.489 e. The lowest BCUT2D eigenvalue weighted by Gasteiger charge is -2.31. The number of carbonyl (C=O) groups excluding carboxylic acids is 1. The second-order valence-electron chi connectivity index (χ2n) is 6.02. The number of carbonyl (C=O) groups is 2. The van der Waals surface area contributed by atoms with E-state index >= 15 is 0 Å². The first-order valence-corrected chi connectivity index (χ1v) is 8.04. The quantitative estimate of drug-likeness (QED) is 0.842. The van der Waals surface area contributed by atoms with E-state index in [1.165, 1.54) is 6.07 Å². The van der Waals surface area contributed by atoms with E-state index in [1.54, 1.807) is 42.5 Å². The number of aliphatic carboxylic acids is 1. The topological polar surface area (TPSA) is 75.6 Å². The summed E-state index contributed by atoms with van der Waals surface area (Å²) in [6.07, 6.45) is 1.13. The van der Waals surface area contributed by atoms with Gasteiger partial charge in [-0.25, -0.2) is 4.39 Å². The molecule has 1 fully saturated rings. The summed E-state index contributed by atoms with van der Waals surface area (Å²) in [5, 5.41) is 11.7. The van der Waals surface area contributed by atoms with Crippen molar-refractivity contribution >= 4 is 17.6 Å². The molecule has 0 unspecified atom stereocenters. The van der Waals surface area contributed by atoms with Crippen molar-refractivity contribution in [2.24, 2.45) is 11.8 Å². The van der Waals surface area contributed by atoms with E-state index in [2.05, 4.69) is 5.32 Å². The van der Waals surface area contributed by atoms with Crippen LogP contribution in [0.5, 0.6) is 5.75 Å². The number of hydrogen-bond acceptors (Lipinski definition) is 3. The monoisotopic (exact) mass is 343 g/mol. The zero-order valence-electron chi connectivity index (χ0n) is 13.4. The van der Waals surface area contributed by atoms with Crippen molar-refractivity contribution in [1.82, 2.24) is 0 Å². The highest BCUT2D eigenvalue weighted by atomic mass is 19.1. The Hall–Kier alpha value is -2.89. The molecule has 0 aliphatic heterocycles. The molecule has 2 N–H and O–H groups in total. The average Bonchev–Trinajstić information content (AvgIpc) is 2.54. The molecule has 3 rings (SSSR count). The molecule has 0 heterocycles. The SMILES string of the molecule is O=C(Nc1ccc(OCc2ccccc2F)cc1)[C@H]1CC[C@H]1C(=O)O. The molecule has 2 aromatic rings. The van der Waals surface area contributed by atoms with E-state index in [0.717, 1.165) is 0 Å². The third-order valence-electron chi connectivity index (χ3n) is 4.40. The molecule has 0 aromatic heterocycles. The van der Waals surface area contributed by atoms with Crippen LogP contribution in [-0.4, -0.2) is 17.0 Å². The van der Waals surface area contributed by atoms with E-state index in [0.29, 0.717) is 29.8 Å². The van der Waals surface area contributed by atoms with E-state index in [1.807, 2.05) is 0 Å². The Morgan fingerprint density at radius 3 is 2.36 bits per heavy atom. The van der Waals surface area contributed by atoms with Gasteiger partial charge >= 0.3 is 5.97 Å². The minimum absolute atomic E-state index is 0.112. The van der Waals surface area contributed by atoms with Gasteiger partial charge in [-0.15, -0.1) is 0 Å². The first-order chi connectivity index (χ1) is 12.0. The molecule has 0 saturated heterocycles. The lowest BCUT2D eigenvalue weighted by atomic mass is 9.73. The van der Waals surface area contributed by atoms with Crippen molar-refractivity contribution in [3.8, 4) is 5.75 Å². The molecule has 130 valence electrons. The van der Waals surface area contributed by atoms with Gasteiger partial charge in [0.25, 0.3) is 0 Å². The summed E-state index contributed by atoms with van der Waals surface area (Å²) in [5.74, 6) is -2.05. The Balaban J connectivity index is 1.54. The fourth-order valence-corrected chi connectivity index (χ4v) is 2.76. The molecule has 1 amide bonds. The van der Waals surface area contributed by atoms with Crippen LogP contribution >= 0.6 is 0 Å². The van der Waals surface area contributed by atoms with Crippen molar-refractivity contribution in [1.29, 1.82) is 0 Å². The van der Waals surface area contributed by atoms with E-state index in [9.17, 15) is 14.0 Å². The molecular formula is C19H18FNO4. The second kappa shape index (κ2) is 7.34. The molecule has 6 heteroatoms. The molecule has 1 saturated carbocycles. The van der Waals surface area contributed by atoms with Crippen LogP contribution in [0.1, 0.15) is 18.4 Å². The van der Waals surface area contributed by atoms with Crippen molar-refractivity contribution < 1.29 is 23.8 Å². The van der Waals surface area contributed by atoms with Crippen LogP contribution in [0.2, 0.25) is 0 Å². The van der Waals surface area contributed by atoms with Gasteiger partial charge in [0, 0.05) is 11.3 Å². The van der Waals surface area contributed by atoms with Crippen LogP contribution in [-0.2, 0) is 16.2 Å². The Morgan fingerprint density at radius 1 is 1.08 bits per heavy atom. The minimum atomic E-state index is -0.928. The molecule has 1 aliphatic rings. The lowest BCUT2D eigenvalue weighted by molar-refractivity contribution is -0.151. The zero-order chi connectivity index (χ0) is 17.8. The second-order valence-corrected chi connectivity index (χ2v) is 6.02. The Labute approximate surface area is 144 Å². The van der Waals surface area contributed by atoms with Gasteiger partial charge in [0.15, 0.2) is 0 Å². The highest BCUT2D eigenvalue weighted by Crippen LogP contribution is 2.35. The number of carboxylic acids is 1.